The molecular formula is C25H24N6O2. The monoisotopic (exact) mass is 440 g/mol. The molecule has 1 saturated heterocycles. The van der Waals surface area contributed by atoms with Crippen LogP contribution in [0, 0.1) is 24.7 Å². The first-order valence-electron chi connectivity index (χ1n) is 11.0. The Morgan fingerprint density at radius 3 is 2.67 bits per heavy atom. The molecule has 4 heterocycles. The summed E-state index contributed by atoms with van der Waals surface area (Å²) in [6.07, 6.45) is 6.69. The maximum absolute atomic E-state index is 13.3. The van der Waals surface area contributed by atoms with E-state index in [2.05, 4.69) is 27.9 Å². The molecule has 8 nitrogen and oxygen atoms in total. The average molecular weight is 441 g/mol. The third kappa shape index (κ3) is 3.94. The second kappa shape index (κ2) is 8.43. The normalized spacial score (nSPS) is 16.9. The van der Waals surface area contributed by atoms with E-state index < -0.39 is 0 Å². The van der Waals surface area contributed by atoms with E-state index in [1.54, 1.807) is 23.3 Å². The molecule has 1 unspecified atom stereocenters. The van der Waals surface area contributed by atoms with E-state index in [9.17, 15) is 9.59 Å². The molecule has 2 aromatic heterocycles. The van der Waals surface area contributed by atoms with Gasteiger partial charge >= 0.3 is 0 Å². The van der Waals surface area contributed by atoms with Crippen LogP contribution >= 0.6 is 0 Å². The summed E-state index contributed by atoms with van der Waals surface area (Å²) in [7, 11) is 0. The van der Waals surface area contributed by atoms with E-state index in [0.29, 0.717) is 36.6 Å². The van der Waals surface area contributed by atoms with Crippen LogP contribution in [0.3, 0.4) is 0 Å². The molecule has 1 atom stereocenters. The molecule has 3 aromatic rings. The Hall–Kier alpha value is -4.12. The van der Waals surface area contributed by atoms with Gasteiger partial charge in [0.15, 0.2) is 0 Å². The van der Waals surface area contributed by atoms with Gasteiger partial charge in [0.2, 0.25) is 11.9 Å². The number of hydrogen-bond donors (Lipinski definition) is 1. The maximum Gasteiger partial charge on any atom is 0.285 e. The lowest BCUT2D eigenvalue weighted by atomic mass is 10.1. The molecule has 2 aliphatic heterocycles. The molecule has 1 aromatic carbocycles. The number of rotatable bonds is 3. The number of carbonyl (C=O) groups is 1. The first-order valence-corrected chi connectivity index (χ1v) is 11.0. The highest BCUT2D eigenvalue weighted by Crippen LogP contribution is 2.27. The van der Waals surface area contributed by atoms with Gasteiger partial charge in [-0.25, -0.2) is 14.6 Å². The van der Waals surface area contributed by atoms with E-state index in [1.165, 1.54) is 5.56 Å². The molecular weight excluding hydrogens is 416 g/mol. The van der Waals surface area contributed by atoms with Gasteiger partial charge < -0.3 is 10.6 Å². The summed E-state index contributed by atoms with van der Waals surface area (Å²) in [5.74, 6) is 6.15. The minimum atomic E-state index is -0.290. The zero-order valence-electron chi connectivity index (χ0n) is 18.4. The fourth-order valence-electron chi connectivity index (χ4n) is 4.36. The Bertz CT molecular complexity index is 1340. The Labute approximate surface area is 191 Å². The van der Waals surface area contributed by atoms with E-state index in [-0.39, 0.29) is 17.4 Å². The van der Waals surface area contributed by atoms with E-state index in [0.717, 1.165) is 24.2 Å². The van der Waals surface area contributed by atoms with Crippen LogP contribution in [0.15, 0.2) is 53.7 Å². The van der Waals surface area contributed by atoms with Crippen LogP contribution < -0.4 is 21.2 Å². The molecule has 1 amide bonds. The van der Waals surface area contributed by atoms with Crippen LogP contribution in [-0.4, -0.2) is 40.2 Å². The number of para-hydroxylation sites is 1. The van der Waals surface area contributed by atoms with Crippen LogP contribution in [0.2, 0.25) is 0 Å². The topological polar surface area (TPSA) is 97.4 Å². The molecule has 0 saturated carbocycles. The highest BCUT2D eigenvalue weighted by Gasteiger charge is 2.28. The number of nitrogens with zero attached hydrogens (tertiary/aromatic N) is 5. The fraction of sp³-hybridized carbons (Fsp3) is 0.280. The number of amides is 1. The van der Waals surface area contributed by atoms with Gasteiger partial charge in [0, 0.05) is 38.2 Å². The van der Waals surface area contributed by atoms with Crippen molar-refractivity contribution in [2.75, 3.05) is 29.5 Å². The third-order valence-corrected chi connectivity index (χ3v) is 6.25. The molecule has 1 fully saturated rings. The average Bonchev–Trinajstić information content (AvgIpc) is 3.48. The van der Waals surface area contributed by atoms with Gasteiger partial charge in [-0.3, -0.25) is 14.6 Å². The number of benzene rings is 1. The standard InChI is InChI=1S/C25H24N6O2/c1-17-8-12-31(30-13-10-19-4-2-3-5-22(19)30)24(33)21(17)7-6-18-14-27-25(28-15-18)29-11-9-20(16-29)23(26)32/h2-5,8,12,14-15,20H,9-11,13,16H2,1H3,(H2,26,32). The largest absolute Gasteiger partial charge is 0.369 e. The predicted molar refractivity (Wildman–Crippen MR) is 126 cm³/mol. The first kappa shape index (κ1) is 20.8. The van der Waals surface area contributed by atoms with Crippen molar-refractivity contribution in [2.45, 2.75) is 19.8 Å². The van der Waals surface area contributed by atoms with E-state index in [4.69, 9.17) is 5.73 Å². The summed E-state index contributed by atoms with van der Waals surface area (Å²) >= 11 is 0. The molecule has 0 spiro atoms. The molecule has 0 radical (unpaired) electrons. The van der Waals surface area contributed by atoms with Crippen LogP contribution in [0.25, 0.3) is 0 Å². The number of anilines is 2. The zero-order valence-corrected chi connectivity index (χ0v) is 18.4. The molecule has 5 rings (SSSR count). The quantitative estimate of drug-likeness (QED) is 0.620. The lowest BCUT2D eigenvalue weighted by Gasteiger charge is -2.22. The minimum absolute atomic E-state index is 0.147. The van der Waals surface area contributed by atoms with Crippen LogP contribution in [0.4, 0.5) is 11.6 Å². The van der Waals surface area contributed by atoms with Crippen LogP contribution in [0.1, 0.15) is 28.7 Å². The van der Waals surface area contributed by atoms with Gasteiger partial charge in [-0.2, -0.15) is 0 Å². The molecule has 33 heavy (non-hydrogen) atoms. The SMILES string of the molecule is Cc1ccn(N2CCc3ccccc32)c(=O)c1C#Cc1cnc(N2CCC(C(N)=O)C2)nc1. The van der Waals surface area contributed by atoms with Gasteiger partial charge in [0.05, 0.1) is 22.7 Å². The van der Waals surface area contributed by atoms with Crippen molar-refractivity contribution in [1.29, 1.82) is 0 Å². The summed E-state index contributed by atoms with van der Waals surface area (Å²) in [6.45, 7) is 3.86. The number of aryl methyl sites for hydroxylation is 1. The fourth-order valence-corrected chi connectivity index (χ4v) is 4.36. The van der Waals surface area contributed by atoms with Gasteiger partial charge in [-0.15, -0.1) is 0 Å². The molecule has 0 aliphatic carbocycles. The smallest absolute Gasteiger partial charge is 0.285 e. The molecule has 0 bridgehead atoms. The van der Waals surface area contributed by atoms with Gasteiger partial charge in [-0.05, 0) is 43.0 Å². The number of fused-ring (bicyclic) bond motifs is 1. The summed E-state index contributed by atoms with van der Waals surface area (Å²) in [5.41, 5.74) is 9.42. The number of hydrogen-bond acceptors (Lipinski definition) is 6. The number of pyridine rings is 1. The Balaban J connectivity index is 1.39. The molecule has 2 N–H and O–H groups in total. The highest BCUT2D eigenvalue weighted by molar-refractivity contribution is 5.78. The Morgan fingerprint density at radius 1 is 1.12 bits per heavy atom. The second-order valence-electron chi connectivity index (χ2n) is 8.38. The van der Waals surface area contributed by atoms with Crippen molar-refractivity contribution in [3.63, 3.8) is 0 Å². The van der Waals surface area contributed by atoms with Crippen molar-refractivity contribution < 1.29 is 4.79 Å². The zero-order chi connectivity index (χ0) is 22.9. The first-order chi connectivity index (χ1) is 16.0. The predicted octanol–water partition coefficient (Wildman–Crippen LogP) is 1.48. The second-order valence-corrected chi connectivity index (χ2v) is 8.38. The molecule has 166 valence electrons. The van der Waals surface area contributed by atoms with Gasteiger partial charge in [0.25, 0.3) is 5.56 Å². The van der Waals surface area contributed by atoms with Gasteiger partial charge in [0.1, 0.15) is 0 Å². The van der Waals surface area contributed by atoms with Crippen LogP contribution in [0.5, 0.6) is 0 Å². The number of nitrogens with two attached hydrogens (primary N) is 1. The Kier molecular flexibility index (Phi) is 5.31. The highest BCUT2D eigenvalue weighted by atomic mass is 16.1. The van der Waals surface area contributed by atoms with Crippen molar-refractivity contribution in [1.82, 2.24) is 14.6 Å². The third-order valence-electron chi connectivity index (χ3n) is 6.25. The van der Waals surface area contributed by atoms with Crippen molar-refractivity contribution in [3.05, 3.63) is 81.5 Å². The van der Waals surface area contributed by atoms with Crippen LogP contribution in [-0.2, 0) is 11.2 Å². The molecule has 2 aliphatic rings. The maximum atomic E-state index is 13.3. The lowest BCUT2D eigenvalue weighted by Crippen LogP contribution is -2.38. The summed E-state index contributed by atoms with van der Waals surface area (Å²) in [4.78, 5) is 35.4. The Morgan fingerprint density at radius 2 is 1.91 bits per heavy atom. The van der Waals surface area contributed by atoms with E-state index >= 15 is 0 Å². The number of aromatic nitrogens is 3. The van der Waals surface area contributed by atoms with Crippen molar-refractivity contribution in [3.8, 4) is 11.8 Å². The summed E-state index contributed by atoms with van der Waals surface area (Å²) in [5, 5.41) is 2.00. The number of carbonyl (C=O) groups excluding carboxylic acids is 1. The van der Waals surface area contributed by atoms with Gasteiger partial charge in [-0.1, -0.05) is 30.0 Å². The van der Waals surface area contributed by atoms with E-state index in [1.807, 2.05) is 41.1 Å². The summed E-state index contributed by atoms with van der Waals surface area (Å²) in [6, 6.07) is 10.0. The number of primary amides is 1. The minimum Gasteiger partial charge on any atom is -0.369 e. The lowest BCUT2D eigenvalue weighted by molar-refractivity contribution is -0.121. The van der Waals surface area contributed by atoms with Crippen molar-refractivity contribution >= 4 is 17.5 Å². The summed E-state index contributed by atoms with van der Waals surface area (Å²) < 4.78 is 1.64. The molecule has 8 heteroatoms. The van der Waals surface area contributed by atoms with Crippen molar-refractivity contribution in [2.24, 2.45) is 11.7 Å².